The molecule has 106 valence electrons. The first-order valence-corrected chi connectivity index (χ1v) is 6.87. The summed E-state index contributed by atoms with van der Waals surface area (Å²) in [6.45, 7) is 1.69. The number of halogens is 2. The molecular weight excluding hydrogens is 291 g/mol. The van der Waals surface area contributed by atoms with Crippen LogP contribution in [0.15, 0.2) is 48.0 Å². The zero-order chi connectivity index (χ0) is 15.0. The highest BCUT2D eigenvalue weighted by atomic mass is 35.5. The molecule has 0 N–H and O–H groups in total. The zero-order valence-electron chi connectivity index (χ0n) is 11.3. The molecule has 0 atom stereocenters. The molecule has 0 saturated heterocycles. The molecule has 2 aromatic rings. The summed E-state index contributed by atoms with van der Waals surface area (Å²) >= 11 is 5.98. The molecule has 2 nitrogen and oxygen atoms in total. The summed E-state index contributed by atoms with van der Waals surface area (Å²) in [5, 5.41) is 0.568. The van der Waals surface area contributed by atoms with E-state index in [9.17, 15) is 9.18 Å². The van der Waals surface area contributed by atoms with Crippen molar-refractivity contribution in [3.05, 3.63) is 70.0 Å². The molecule has 2 aromatic carbocycles. The van der Waals surface area contributed by atoms with E-state index in [0.29, 0.717) is 16.3 Å². The van der Waals surface area contributed by atoms with Crippen molar-refractivity contribution in [3.63, 3.8) is 0 Å². The van der Waals surface area contributed by atoms with Crippen LogP contribution in [-0.4, -0.2) is 12.4 Å². The number of rotatable bonds is 2. The Hall–Kier alpha value is -2.13. The Morgan fingerprint density at radius 3 is 2.57 bits per heavy atom. The fraction of sp³-hybridized carbons (Fsp3) is 0.118. The first-order chi connectivity index (χ1) is 10.1. The molecule has 0 amide bonds. The van der Waals surface area contributed by atoms with Crippen LogP contribution in [-0.2, 0) is 4.79 Å². The van der Waals surface area contributed by atoms with Crippen LogP contribution >= 0.6 is 11.6 Å². The third-order valence-electron chi connectivity index (χ3n) is 3.44. The number of Topliss-reactive ketones (excluding diaryl/α,β-unsaturated/α-hetero) is 1. The van der Waals surface area contributed by atoms with Gasteiger partial charge in [-0.2, -0.15) is 0 Å². The average molecular weight is 303 g/mol. The van der Waals surface area contributed by atoms with E-state index < -0.39 is 0 Å². The Balaban J connectivity index is 2.24. The largest absolute Gasteiger partial charge is 0.488 e. The van der Waals surface area contributed by atoms with Gasteiger partial charge in [-0.05, 0) is 42.8 Å². The highest BCUT2D eigenvalue weighted by Crippen LogP contribution is 2.39. The number of benzene rings is 2. The summed E-state index contributed by atoms with van der Waals surface area (Å²) in [5.41, 5.74) is 2.94. The lowest BCUT2D eigenvalue weighted by molar-refractivity contribution is -0.113. The van der Waals surface area contributed by atoms with E-state index in [1.807, 2.05) is 6.07 Å². The molecule has 1 aliphatic heterocycles. The van der Waals surface area contributed by atoms with Gasteiger partial charge in [0.15, 0.2) is 5.78 Å². The second-order valence-corrected chi connectivity index (χ2v) is 5.28. The van der Waals surface area contributed by atoms with E-state index in [0.717, 1.165) is 16.7 Å². The molecule has 0 saturated carbocycles. The van der Waals surface area contributed by atoms with E-state index in [4.69, 9.17) is 16.3 Å². The lowest BCUT2D eigenvalue weighted by atomic mass is 9.89. The summed E-state index contributed by atoms with van der Waals surface area (Å²) in [6.07, 6.45) is 0. The number of hydrogen-bond donors (Lipinski definition) is 0. The Bertz CT molecular complexity index is 748. The van der Waals surface area contributed by atoms with Gasteiger partial charge in [0.05, 0.1) is 0 Å². The smallest absolute Gasteiger partial charge is 0.159 e. The van der Waals surface area contributed by atoms with Gasteiger partial charge in [0.25, 0.3) is 0 Å². The molecule has 0 radical (unpaired) electrons. The number of fused-ring (bicyclic) bond motifs is 1. The van der Waals surface area contributed by atoms with Gasteiger partial charge in [0.1, 0.15) is 18.2 Å². The summed E-state index contributed by atoms with van der Waals surface area (Å²) in [7, 11) is 0. The fourth-order valence-electron chi connectivity index (χ4n) is 2.43. The topological polar surface area (TPSA) is 26.3 Å². The van der Waals surface area contributed by atoms with Crippen molar-refractivity contribution >= 4 is 23.0 Å². The van der Waals surface area contributed by atoms with E-state index in [1.165, 1.54) is 19.1 Å². The highest BCUT2D eigenvalue weighted by molar-refractivity contribution is 6.30. The summed E-state index contributed by atoms with van der Waals surface area (Å²) in [4.78, 5) is 11.9. The van der Waals surface area contributed by atoms with Gasteiger partial charge >= 0.3 is 0 Å². The molecule has 1 heterocycles. The number of carbonyl (C=O) groups excluding carboxylic acids is 1. The predicted molar refractivity (Wildman–Crippen MR) is 80.1 cm³/mol. The van der Waals surface area contributed by atoms with Crippen LogP contribution in [0.1, 0.15) is 18.1 Å². The molecule has 0 aromatic heterocycles. The van der Waals surface area contributed by atoms with Gasteiger partial charge in [-0.15, -0.1) is 0 Å². The monoisotopic (exact) mass is 302 g/mol. The van der Waals surface area contributed by atoms with Gasteiger partial charge in [0.2, 0.25) is 0 Å². The van der Waals surface area contributed by atoms with E-state index in [-0.39, 0.29) is 18.2 Å². The Labute approximate surface area is 126 Å². The molecule has 3 rings (SSSR count). The van der Waals surface area contributed by atoms with Crippen molar-refractivity contribution in [2.24, 2.45) is 0 Å². The maximum Gasteiger partial charge on any atom is 0.159 e. The Morgan fingerprint density at radius 1 is 1.19 bits per heavy atom. The highest BCUT2D eigenvalue weighted by Gasteiger charge is 2.24. The quantitative estimate of drug-likeness (QED) is 0.828. The zero-order valence-corrected chi connectivity index (χ0v) is 12.1. The van der Waals surface area contributed by atoms with Crippen molar-refractivity contribution in [1.82, 2.24) is 0 Å². The van der Waals surface area contributed by atoms with Crippen molar-refractivity contribution in [2.45, 2.75) is 6.92 Å². The molecule has 1 aliphatic rings. The first kappa shape index (κ1) is 13.8. The molecule has 0 spiro atoms. The normalized spacial score (nSPS) is 13.7. The SMILES string of the molecule is CC(=O)C1=C(c2ccc(F)cc2)c2ccc(Cl)cc2OC1. The molecule has 0 fully saturated rings. The minimum atomic E-state index is -0.313. The van der Waals surface area contributed by atoms with Crippen molar-refractivity contribution in [1.29, 1.82) is 0 Å². The molecule has 0 bridgehead atoms. The molecule has 0 unspecified atom stereocenters. The number of ether oxygens (including phenoxy) is 1. The molecular formula is C17H12ClFO2. The van der Waals surface area contributed by atoms with Gasteiger partial charge in [0, 0.05) is 21.7 Å². The lowest BCUT2D eigenvalue weighted by Gasteiger charge is -2.23. The Kier molecular flexibility index (Phi) is 3.52. The van der Waals surface area contributed by atoms with Gasteiger partial charge in [-0.25, -0.2) is 4.39 Å². The third kappa shape index (κ3) is 2.57. The molecule has 4 heteroatoms. The van der Waals surface area contributed by atoms with Crippen LogP contribution in [0.5, 0.6) is 5.75 Å². The van der Waals surface area contributed by atoms with E-state index in [2.05, 4.69) is 0 Å². The number of hydrogen-bond acceptors (Lipinski definition) is 2. The van der Waals surface area contributed by atoms with Crippen LogP contribution < -0.4 is 4.74 Å². The van der Waals surface area contributed by atoms with Crippen molar-refractivity contribution < 1.29 is 13.9 Å². The maximum atomic E-state index is 13.1. The van der Waals surface area contributed by atoms with Crippen LogP contribution in [0, 0.1) is 5.82 Å². The van der Waals surface area contributed by atoms with Crippen LogP contribution in [0.25, 0.3) is 5.57 Å². The summed E-state index contributed by atoms with van der Waals surface area (Å²) in [6, 6.07) is 11.4. The van der Waals surface area contributed by atoms with Crippen molar-refractivity contribution in [2.75, 3.05) is 6.61 Å². The fourth-order valence-corrected chi connectivity index (χ4v) is 2.59. The van der Waals surface area contributed by atoms with E-state index >= 15 is 0 Å². The predicted octanol–water partition coefficient (Wildman–Crippen LogP) is 4.26. The maximum absolute atomic E-state index is 13.1. The van der Waals surface area contributed by atoms with Gasteiger partial charge in [-0.3, -0.25) is 4.79 Å². The first-order valence-electron chi connectivity index (χ1n) is 6.49. The molecule has 0 aliphatic carbocycles. The number of ketones is 1. The van der Waals surface area contributed by atoms with E-state index in [1.54, 1.807) is 24.3 Å². The van der Waals surface area contributed by atoms with Crippen LogP contribution in [0.4, 0.5) is 4.39 Å². The lowest BCUT2D eigenvalue weighted by Crippen LogP contribution is -2.17. The van der Waals surface area contributed by atoms with Gasteiger partial charge in [-0.1, -0.05) is 23.7 Å². The standard InChI is InChI=1S/C17H12ClFO2/c1-10(20)15-9-21-16-8-12(18)4-7-14(16)17(15)11-2-5-13(19)6-3-11/h2-8H,9H2,1H3. The summed E-state index contributed by atoms with van der Waals surface area (Å²) < 4.78 is 18.7. The third-order valence-corrected chi connectivity index (χ3v) is 3.68. The minimum Gasteiger partial charge on any atom is -0.488 e. The number of carbonyl (C=O) groups is 1. The average Bonchev–Trinajstić information content (AvgIpc) is 2.46. The second-order valence-electron chi connectivity index (χ2n) is 4.85. The minimum absolute atomic E-state index is 0.0603. The summed E-state index contributed by atoms with van der Waals surface area (Å²) in [5.74, 6) is 0.258. The second kappa shape index (κ2) is 5.34. The molecule has 21 heavy (non-hydrogen) atoms. The van der Waals surface area contributed by atoms with Crippen molar-refractivity contribution in [3.8, 4) is 5.75 Å². The van der Waals surface area contributed by atoms with Crippen LogP contribution in [0.2, 0.25) is 5.02 Å². The van der Waals surface area contributed by atoms with Crippen LogP contribution in [0.3, 0.4) is 0 Å². The van der Waals surface area contributed by atoms with Gasteiger partial charge < -0.3 is 4.74 Å². The Morgan fingerprint density at radius 2 is 1.90 bits per heavy atom.